The van der Waals surface area contributed by atoms with E-state index in [0.717, 1.165) is 6.54 Å². The summed E-state index contributed by atoms with van der Waals surface area (Å²) >= 11 is 1.91. The first-order valence-corrected chi connectivity index (χ1v) is 6.93. The van der Waals surface area contributed by atoms with Gasteiger partial charge in [-0.1, -0.05) is 24.3 Å². The van der Waals surface area contributed by atoms with Crippen LogP contribution in [0.25, 0.3) is 0 Å². The summed E-state index contributed by atoms with van der Waals surface area (Å²) in [5.74, 6) is 1.24. The van der Waals surface area contributed by atoms with E-state index in [4.69, 9.17) is 0 Å². The molecule has 0 unspecified atom stereocenters. The van der Waals surface area contributed by atoms with E-state index in [1.54, 1.807) is 0 Å². The van der Waals surface area contributed by atoms with Gasteiger partial charge in [0.25, 0.3) is 0 Å². The van der Waals surface area contributed by atoms with Crippen LogP contribution in [0.4, 0.5) is 0 Å². The Labute approximate surface area is 97.7 Å². The third kappa shape index (κ3) is 4.27. The van der Waals surface area contributed by atoms with Crippen LogP contribution >= 0.6 is 11.8 Å². The lowest BCUT2D eigenvalue weighted by Gasteiger charge is -2.16. The highest BCUT2D eigenvalue weighted by Gasteiger charge is 2.05. The molecule has 0 aromatic heterocycles. The quantitative estimate of drug-likeness (QED) is 0.742. The zero-order valence-corrected chi connectivity index (χ0v) is 10.7. The average molecular weight is 223 g/mol. The fourth-order valence-electron chi connectivity index (χ4n) is 1.72. The molecule has 0 spiro atoms. The van der Waals surface area contributed by atoms with E-state index in [-0.39, 0.29) is 0 Å². The summed E-state index contributed by atoms with van der Waals surface area (Å²) in [6, 6.07) is 9.06. The number of rotatable bonds is 6. The highest BCUT2D eigenvalue weighted by atomic mass is 32.2. The largest absolute Gasteiger partial charge is 0.310 e. The Kier molecular flexibility index (Phi) is 5.81. The highest BCUT2D eigenvalue weighted by Crippen LogP contribution is 2.16. The van der Waals surface area contributed by atoms with Gasteiger partial charge in [-0.2, -0.15) is 11.8 Å². The van der Waals surface area contributed by atoms with Crippen molar-refractivity contribution in [2.75, 3.05) is 18.6 Å². The predicted molar refractivity (Wildman–Crippen MR) is 70.6 cm³/mol. The van der Waals surface area contributed by atoms with Crippen LogP contribution in [0.5, 0.6) is 0 Å². The molecule has 1 N–H and O–H groups in total. The van der Waals surface area contributed by atoms with E-state index < -0.39 is 0 Å². The van der Waals surface area contributed by atoms with Gasteiger partial charge >= 0.3 is 0 Å². The number of hydrogen-bond donors (Lipinski definition) is 1. The van der Waals surface area contributed by atoms with E-state index in [1.807, 2.05) is 11.8 Å². The molecule has 1 atom stereocenters. The Morgan fingerprint density at radius 1 is 1.33 bits per heavy atom. The van der Waals surface area contributed by atoms with Gasteiger partial charge in [0.1, 0.15) is 0 Å². The molecule has 0 aliphatic heterocycles. The fraction of sp³-hybridized carbons (Fsp3) is 0.538. The van der Waals surface area contributed by atoms with Crippen molar-refractivity contribution in [1.29, 1.82) is 0 Å². The van der Waals surface area contributed by atoms with Crippen LogP contribution in [0, 0.1) is 6.92 Å². The molecule has 0 saturated heterocycles. The molecule has 1 rings (SSSR count). The van der Waals surface area contributed by atoms with Gasteiger partial charge in [0.05, 0.1) is 0 Å². The fourth-order valence-corrected chi connectivity index (χ4v) is 2.15. The molecule has 1 nitrogen and oxygen atoms in total. The van der Waals surface area contributed by atoms with E-state index >= 15 is 0 Å². The lowest BCUT2D eigenvalue weighted by molar-refractivity contribution is 0.570. The summed E-state index contributed by atoms with van der Waals surface area (Å²) in [7, 11) is 0. The topological polar surface area (TPSA) is 12.0 Å². The van der Waals surface area contributed by atoms with Crippen molar-refractivity contribution in [3.63, 3.8) is 0 Å². The maximum atomic E-state index is 3.56. The van der Waals surface area contributed by atoms with Crippen LogP contribution in [-0.2, 0) is 0 Å². The van der Waals surface area contributed by atoms with Crippen molar-refractivity contribution in [3.8, 4) is 0 Å². The van der Waals surface area contributed by atoms with Gasteiger partial charge in [-0.3, -0.25) is 0 Å². The highest BCUT2D eigenvalue weighted by molar-refractivity contribution is 7.98. The predicted octanol–water partition coefficient (Wildman–Crippen LogP) is 3.40. The Morgan fingerprint density at radius 2 is 2.07 bits per heavy atom. The lowest BCUT2D eigenvalue weighted by atomic mass is 10.0. The first-order chi connectivity index (χ1) is 7.25. The normalized spacial score (nSPS) is 12.7. The van der Waals surface area contributed by atoms with Crippen LogP contribution in [0.2, 0.25) is 0 Å². The van der Waals surface area contributed by atoms with Gasteiger partial charge in [-0.05, 0) is 49.9 Å². The summed E-state index contributed by atoms with van der Waals surface area (Å²) < 4.78 is 0. The zero-order chi connectivity index (χ0) is 11.1. The second-order valence-corrected chi connectivity index (χ2v) is 4.86. The number of hydrogen-bond acceptors (Lipinski definition) is 2. The van der Waals surface area contributed by atoms with E-state index in [1.165, 1.54) is 23.3 Å². The van der Waals surface area contributed by atoms with Crippen LogP contribution < -0.4 is 5.32 Å². The van der Waals surface area contributed by atoms with Gasteiger partial charge in [0, 0.05) is 6.04 Å². The maximum absolute atomic E-state index is 3.56. The summed E-state index contributed by atoms with van der Waals surface area (Å²) in [6.45, 7) is 5.52. The summed E-state index contributed by atoms with van der Waals surface area (Å²) in [5.41, 5.74) is 2.80. The number of thioether (sulfide) groups is 1. The molecule has 0 aliphatic carbocycles. The monoisotopic (exact) mass is 223 g/mol. The first-order valence-electron chi connectivity index (χ1n) is 5.53. The molecule has 2 heteroatoms. The second kappa shape index (κ2) is 6.91. The van der Waals surface area contributed by atoms with E-state index in [2.05, 4.69) is 49.7 Å². The van der Waals surface area contributed by atoms with Crippen LogP contribution in [0.1, 0.15) is 30.5 Å². The summed E-state index contributed by atoms with van der Waals surface area (Å²) in [6.07, 6.45) is 3.40. The van der Waals surface area contributed by atoms with Crippen molar-refractivity contribution in [1.82, 2.24) is 5.32 Å². The van der Waals surface area contributed by atoms with Crippen molar-refractivity contribution >= 4 is 11.8 Å². The number of aryl methyl sites for hydroxylation is 1. The molecule has 84 valence electrons. The third-order valence-corrected chi connectivity index (χ3v) is 3.33. The van der Waals surface area contributed by atoms with Crippen molar-refractivity contribution in [2.45, 2.75) is 26.3 Å². The van der Waals surface area contributed by atoms with Gasteiger partial charge < -0.3 is 5.32 Å². The average Bonchev–Trinajstić information content (AvgIpc) is 2.25. The van der Waals surface area contributed by atoms with Crippen LogP contribution in [0.15, 0.2) is 24.3 Å². The lowest BCUT2D eigenvalue weighted by Crippen LogP contribution is -2.20. The standard InChI is InChI=1S/C13H21NS/c1-11-7-4-5-8-13(11)12(2)14-9-6-10-15-3/h4-5,7-8,12,14H,6,9-10H2,1-3H3/t12-/m1/s1. The van der Waals surface area contributed by atoms with Gasteiger partial charge in [-0.25, -0.2) is 0 Å². The van der Waals surface area contributed by atoms with E-state index in [9.17, 15) is 0 Å². The minimum absolute atomic E-state index is 0.466. The molecular weight excluding hydrogens is 202 g/mol. The summed E-state index contributed by atoms with van der Waals surface area (Å²) in [5, 5.41) is 3.56. The van der Waals surface area contributed by atoms with Gasteiger partial charge in [0.15, 0.2) is 0 Å². The SMILES string of the molecule is CSCCCN[C@H](C)c1ccccc1C. The molecule has 0 fully saturated rings. The molecule has 1 aromatic carbocycles. The molecule has 0 amide bonds. The minimum atomic E-state index is 0.466. The van der Waals surface area contributed by atoms with Crippen molar-refractivity contribution in [3.05, 3.63) is 35.4 Å². The summed E-state index contributed by atoms with van der Waals surface area (Å²) in [4.78, 5) is 0. The number of nitrogens with one attached hydrogen (secondary N) is 1. The molecule has 0 saturated carbocycles. The second-order valence-electron chi connectivity index (χ2n) is 3.88. The molecular formula is C13H21NS. The van der Waals surface area contributed by atoms with Gasteiger partial charge in [0.2, 0.25) is 0 Å². The third-order valence-electron chi connectivity index (χ3n) is 2.63. The molecule has 15 heavy (non-hydrogen) atoms. The molecule has 1 aromatic rings. The van der Waals surface area contributed by atoms with Crippen LogP contribution in [0.3, 0.4) is 0 Å². The van der Waals surface area contributed by atoms with Crippen molar-refractivity contribution in [2.24, 2.45) is 0 Å². The Bertz CT molecular complexity index is 286. The molecule has 0 radical (unpaired) electrons. The van der Waals surface area contributed by atoms with Crippen LogP contribution in [-0.4, -0.2) is 18.6 Å². The van der Waals surface area contributed by atoms with Crippen molar-refractivity contribution < 1.29 is 0 Å². The Hall–Kier alpha value is -0.470. The Morgan fingerprint density at radius 3 is 2.73 bits per heavy atom. The maximum Gasteiger partial charge on any atom is 0.0294 e. The Balaban J connectivity index is 2.40. The van der Waals surface area contributed by atoms with Gasteiger partial charge in [-0.15, -0.1) is 0 Å². The number of benzene rings is 1. The zero-order valence-electron chi connectivity index (χ0n) is 9.92. The smallest absolute Gasteiger partial charge is 0.0294 e. The first kappa shape index (κ1) is 12.6. The molecule has 0 aliphatic rings. The molecule has 0 heterocycles. The van der Waals surface area contributed by atoms with E-state index in [0.29, 0.717) is 6.04 Å². The minimum Gasteiger partial charge on any atom is -0.310 e. The molecule has 0 bridgehead atoms.